The van der Waals surface area contributed by atoms with Crippen molar-refractivity contribution in [3.8, 4) is 5.75 Å². The van der Waals surface area contributed by atoms with E-state index in [0.29, 0.717) is 44.2 Å². The molecule has 150 valence electrons. The lowest BCUT2D eigenvalue weighted by Crippen LogP contribution is -2.40. The third kappa shape index (κ3) is 3.89. The van der Waals surface area contributed by atoms with E-state index in [1.165, 1.54) is 4.90 Å². The standard InChI is InChI=1S/C23H24N2O4/c1-2-29-19-10-8-18(9-11-19)20-21(24-12-14-28-15-13-24)23(27)25(22(20)26)16-17-6-4-3-5-7-17/h3-11H,2,12-16H2,1H3. The molecule has 6 nitrogen and oxygen atoms in total. The number of nitrogens with zero attached hydrogens (tertiary/aromatic N) is 2. The zero-order valence-corrected chi connectivity index (χ0v) is 16.5. The van der Waals surface area contributed by atoms with Crippen LogP contribution in [0.15, 0.2) is 60.3 Å². The van der Waals surface area contributed by atoms with Crippen LogP contribution < -0.4 is 4.74 Å². The Labute approximate surface area is 170 Å². The molecule has 2 aromatic carbocycles. The predicted molar refractivity (Wildman–Crippen MR) is 109 cm³/mol. The molecule has 0 atom stereocenters. The smallest absolute Gasteiger partial charge is 0.278 e. The van der Waals surface area contributed by atoms with Gasteiger partial charge in [-0.15, -0.1) is 0 Å². The summed E-state index contributed by atoms with van der Waals surface area (Å²) < 4.78 is 10.9. The normalized spacial score (nSPS) is 17.3. The SMILES string of the molecule is CCOc1ccc(C2=C(N3CCOCC3)C(=O)N(Cc3ccccc3)C2=O)cc1. The minimum absolute atomic E-state index is 0.246. The Kier molecular flexibility index (Phi) is 5.62. The molecule has 0 radical (unpaired) electrons. The molecule has 4 rings (SSSR count). The fourth-order valence-electron chi connectivity index (χ4n) is 3.70. The molecule has 0 saturated carbocycles. The van der Waals surface area contributed by atoms with Crippen LogP contribution in [0.2, 0.25) is 0 Å². The maximum atomic E-state index is 13.3. The lowest BCUT2D eigenvalue weighted by Gasteiger charge is -2.29. The van der Waals surface area contributed by atoms with Gasteiger partial charge in [0.05, 0.1) is 31.9 Å². The molecule has 0 unspecified atom stereocenters. The first kappa shape index (κ1) is 19.2. The number of morpholine rings is 1. The van der Waals surface area contributed by atoms with Crippen LogP contribution >= 0.6 is 0 Å². The summed E-state index contributed by atoms with van der Waals surface area (Å²) in [6.45, 7) is 5.02. The zero-order valence-electron chi connectivity index (χ0n) is 16.5. The Balaban J connectivity index is 1.70. The summed E-state index contributed by atoms with van der Waals surface area (Å²) in [4.78, 5) is 30.0. The molecule has 2 aliphatic heterocycles. The molecule has 2 aromatic rings. The van der Waals surface area contributed by atoms with E-state index in [9.17, 15) is 9.59 Å². The topological polar surface area (TPSA) is 59.1 Å². The molecular formula is C23H24N2O4. The monoisotopic (exact) mass is 392 g/mol. The number of carbonyl (C=O) groups excluding carboxylic acids is 2. The molecule has 0 aliphatic carbocycles. The van der Waals surface area contributed by atoms with E-state index in [-0.39, 0.29) is 18.4 Å². The molecule has 2 amide bonds. The fraction of sp³-hybridized carbons (Fsp3) is 0.304. The van der Waals surface area contributed by atoms with Crippen LogP contribution in [0.4, 0.5) is 0 Å². The van der Waals surface area contributed by atoms with Gasteiger partial charge in [-0.1, -0.05) is 42.5 Å². The molecule has 0 bridgehead atoms. The highest BCUT2D eigenvalue weighted by Crippen LogP contribution is 2.33. The number of ether oxygens (including phenoxy) is 2. The maximum Gasteiger partial charge on any atom is 0.278 e. The Morgan fingerprint density at radius 1 is 0.931 bits per heavy atom. The van der Waals surface area contributed by atoms with Crippen molar-refractivity contribution in [2.45, 2.75) is 13.5 Å². The number of hydrogen-bond acceptors (Lipinski definition) is 5. The molecule has 29 heavy (non-hydrogen) atoms. The van der Waals surface area contributed by atoms with E-state index in [2.05, 4.69) is 0 Å². The highest BCUT2D eigenvalue weighted by atomic mass is 16.5. The van der Waals surface area contributed by atoms with Gasteiger partial charge in [0.2, 0.25) is 0 Å². The minimum atomic E-state index is -0.260. The van der Waals surface area contributed by atoms with Gasteiger partial charge in [-0.05, 0) is 30.2 Å². The van der Waals surface area contributed by atoms with Crippen LogP contribution in [0.5, 0.6) is 5.75 Å². The maximum absolute atomic E-state index is 13.3. The highest BCUT2D eigenvalue weighted by molar-refractivity contribution is 6.35. The number of carbonyl (C=O) groups is 2. The summed E-state index contributed by atoms with van der Waals surface area (Å²) in [5.41, 5.74) is 2.57. The van der Waals surface area contributed by atoms with E-state index >= 15 is 0 Å². The van der Waals surface area contributed by atoms with Crippen LogP contribution in [0.25, 0.3) is 5.57 Å². The second-order valence-electron chi connectivity index (χ2n) is 6.96. The van der Waals surface area contributed by atoms with E-state index < -0.39 is 0 Å². The molecule has 0 N–H and O–H groups in total. The molecular weight excluding hydrogens is 368 g/mol. The summed E-state index contributed by atoms with van der Waals surface area (Å²) in [5.74, 6) is 0.233. The predicted octanol–water partition coefficient (Wildman–Crippen LogP) is 2.70. The fourth-order valence-corrected chi connectivity index (χ4v) is 3.70. The second kappa shape index (κ2) is 8.49. The van der Waals surface area contributed by atoms with Crippen molar-refractivity contribution >= 4 is 17.4 Å². The first-order valence-corrected chi connectivity index (χ1v) is 9.89. The van der Waals surface area contributed by atoms with E-state index in [1.54, 1.807) is 0 Å². The van der Waals surface area contributed by atoms with Crippen molar-refractivity contribution in [1.29, 1.82) is 0 Å². The van der Waals surface area contributed by atoms with Crippen LogP contribution in [-0.2, 0) is 20.9 Å². The molecule has 2 aliphatic rings. The Bertz CT molecular complexity index is 916. The third-order valence-corrected chi connectivity index (χ3v) is 5.11. The van der Waals surface area contributed by atoms with Crippen molar-refractivity contribution in [3.05, 3.63) is 71.4 Å². The van der Waals surface area contributed by atoms with Crippen LogP contribution in [0, 0.1) is 0 Å². The third-order valence-electron chi connectivity index (χ3n) is 5.11. The summed E-state index contributed by atoms with van der Waals surface area (Å²) in [6.07, 6.45) is 0. The number of hydrogen-bond donors (Lipinski definition) is 0. The Hall–Kier alpha value is -3.12. The minimum Gasteiger partial charge on any atom is -0.494 e. The first-order chi connectivity index (χ1) is 14.2. The molecule has 0 aromatic heterocycles. The summed E-state index contributed by atoms with van der Waals surface area (Å²) in [6, 6.07) is 16.9. The quantitative estimate of drug-likeness (QED) is 0.708. The highest BCUT2D eigenvalue weighted by Gasteiger charge is 2.41. The van der Waals surface area contributed by atoms with Gasteiger partial charge in [0.25, 0.3) is 11.8 Å². The van der Waals surface area contributed by atoms with Gasteiger partial charge in [0.15, 0.2) is 0 Å². The number of rotatable bonds is 6. The average Bonchev–Trinajstić information content (AvgIpc) is 3.01. The molecule has 1 fully saturated rings. The lowest BCUT2D eigenvalue weighted by atomic mass is 10.0. The van der Waals surface area contributed by atoms with Crippen molar-refractivity contribution in [3.63, 3.8) is 0 Å². The van der Waals surface area contributed by atoms with Crippen molar-refractivity contribution in [2.24, 2.45) is 0 Å². The Morgan fingerprint density at radius 3 is 2.28 bits per heavy atom. The van der Waals surface area contributed by atoms with E-state index in [0.717, 1.165) is 16.9 Å². The molecule has 1 saturated heterocycles. The van der Waals surface area contributed by atoms with Gasteiger partial charge >= 0.3 is 0 Å². The Morgan fingerprint density at radius 2 is 1.62 bits per heavy atom. The van der Waals surface area contributed by atoms with E-state index in [1.807, 2.05) is 66.4 Å². The van der Waals surface area contributed by atoms with Crippen molar-refractivity contribution < 1.29 is 19.1 Å². The van der Waals surface area contributed by atoms with Gasteiger partial charge in [-0.3, -0.25) is 14.5 Å². The van der Waals surface area contributed by atoms with Gasteiger partial charge < -0.3 is 14.4 Å². The second-order valence-corrected chi connectivity index (χ2v) is 6.96. The zero-order chi connectivity index (χ0) is 20.2. The van der Waals surface area contributed by atoms with Crippen molar-refractivity contribution in [1.82, 2.24) is 9.80 Å². The molecule has 0 spiro atoms. The molecule has 6 heteroatoms. The van der Waals surface area contributed by atoms with Crippen LogP contribution in [0.1, 0.15) is 18.1 Å². The van der Waals surface area contributed by atoms with Crippen LogP contribution in [-0.4, -0.2) is 54.5 Å². The summed E-state index contributed by atoms with van der Waals surface area (Å²) in [7, 11) is 0. The number of amides is 2. The summed E-state index contributed by atoms with van der Waals surface area (Å²) >= 11 is 0. The average molecular weight is 392 g/mol. The lowest BCUT2D eigenvalue weighted by molar-refractivity contribution is -0.138. The number of imide groups is 1. The first-order valence-electron chi connectivity index (χ1n) is 9.89. The summed E-state index contributed by atoms with van der Waals surface area (Å²) in [5, 5.41) is 0. The van der Waals surface area contributed by atoms with Gasteiger partial charge in [-0.25, -0.2) is 0 Å². The van der Waals surface area contributed by atoms with Gasteiger partial charge in [0, 0.05) is 13.1 Å². The van der Waals surface area contributed by atoms with E-state index in [4.69, 9.17) is 9.47 Å². The largest absolute Gasteiger partial charge is 0.494 e. The van der Waals surface area contributed by atoms with Gasteiger partial charge in [0.1, 0.15) is 11.4 Å². The van der Waals surface area contributed by atoms with Crippen LogP contribution in [0.3, 0.4) is 0 Å². The van der Waals surface area contributed by atoms with Gasteiger partial charge in [-0.2, -0.15) is 0 Å². The molecule has 2 heterocycles. The number of benzene rings is 2. The van der Waals surface area contributed by atoms with Crippen molar-refractivity contribution in [2.75, 3.05) is 32.9 Å².